The van der Waals surface area contributed by atoms with E-state index >= 15 is 0 Å². The summed E-state index contributed by atoms with van der Waals surface area (Å²) in [6, 6.07) is 8.08. The Morgan fingerprint density at radius 2 is 1.84 bits per heavy atom. The van der Waals surface area contributed by atoms with E-state index in [0.29, 0.717) is 24.3 Å². The van der Waals surface area contributed by atoms with E-state index < -0.39 is 0 Å². The van der Waals surface area contributed by atoms with Gasteiger partial charge in [0.1, 0.15) is 5.82 Å². The largest absolute Gasteiger partial charge is 0.378 e. The first kappa shape index (κ1) is 20.5. The second kappa shape index (κ2) is 8.64. The highest BCUT2D eigenvalue weighted by Gasteiger charge is 2.30. The minimum Gasteiger partial charge on any atom is -0.378 e. The Morgan fingerprint density at radius 3 is 2.59 bits per heavy atom. The maximum Gasteiger partial charge on any atom is 0.228 e. The van der Waals surface area contributed by atoms with Crippen LogP contribution < -0.4 is 20.9 Å². The van der Waals surface area contributed by atoms with Gasteiger partial charge in [-0.05, 0) is 37.2 Å². The monoisotopic (exact) mass is 448 g/mol. The lowest BCUT2D eigenvalue weighted by Crippen LogP contribution is -2.38. The van der Waals surface area contributed by atoms with E-state index in [1.165, 1.54) is 0 Å². The quantitative estimate of drug-likeness (QED) is 0.580. The van der Waals surface area contributed by atoms with Crippen molar-refractivity contribution in [1.82, 2.24) is 19.9 Å². The zero-order valence-corrected chi connectivity index (χ0v) is 18.6. The summed E-state index contributed by atoms with van der Waals surface area (Å²) < 4.78 is 5.51. The van der Waals surface area contributed by atoms with E-state index in [-0.39, 0.29) is 5.95 Å². The summed E-state index contributed by atoms with van der Waals surface area (Å²) in [5, 5.41) is 4.00. The van der Waals surface area contributed by atoms with Gasteiger partial charge in [0.25, 0.3) is 0 Å². The van der Waals surface area contributed by atoms with Crippen molar-refractivity contribution < 1.29 is 4.74 Å². The van der Waals surface area contributed by atoms with Gasteiger partial charge in [0.2, 0.25) is 11.9 Å². The Bertz CT molecular complexity index is 1150. The molecule has 3 N–H and O–H groups in total. The Kier molecular flexibility index (Phi) is 5.54. The Labute approximate surface area is 191 Å². The number of aromatic nitrogens is 4. The van der Waals surface area contributed by atoms with Gasteiger partial charge in [-0.15, -0.1) is 0 Å². The predicted octanol–water partition coefficient (Wildman–Crippen LogP) is 2.42. The zero-order chi connectivity index (χ0) is 22.1. The van der Waals surface area contributed by atoms with Crippen molar-refractivity contribution in [3.8, 4) is 11.3 Å². The molecule has 164 valence electrons. The van der Waals surface area contributed by atoms with Gasteiger partial charge >= 0.3 is 0 Å². The number of hydrogen-bond acceptors (Lipinski definition) is 8. The fourth-order valence-corrected chi connectivity index (χ4v) is 4.23. The van der Waals surface area contributed by atoms with Crippen molar-refractivity contribution in [2.75, 3.05) is 53.7 Å². The van der Waals surface area contributed by atoms with Crippen LogP contribution in [0, 0.1) is 6.92 Å². The van der Waals surface area contributed by atoms with E-state index in [1.54, 1.807) is 12.4 Å². The summed E-state index contributed by atoms with van der Waals surface area (Å²) in [5.74, 6) is 1.71. The van der Waals surface area contributed by atoms with Crippen molar-refractivity contribution in [1.29, 1.82) is 0 Å². The lowest BCUT2D eigenvalue weighted by atomic mass is 10.1. The molecule has 0 bridgehead atoms. The highest BCUT2D eigenvalue weighted by atomic mass is 32.1. The number of nitrogens with one attached hydrogen (secondary N) is 1. The van der Waals surface area contributed by atoms with Gasteiger partial charge in [0, 0.05) is 48.8 Å². The number of anilines is 4. The highest BCUT2D eigenvalue weighted by Crippen LogP contribution is 2.36. The van der Waals surface area contributed by atoms with Crippen LogP contribution in [0.5, 0.6) is 0 Å². The molecule has 0 radical (unpaired) electrons. The summed E-state index contributed by atoms with van der Waals surface area (Å²) in [7, 11) is 0. The van der Waals surface area contributed by atoms with E-state index in [2.05, 4.69) is 33.2 Å². The molecule has 1 fully saturated rings. The van der Waals surface area contributed by atoms with Crippen LogP contribution in [0.4, 0.5) is 23.4 Å². The number of hydrogen-bond donors (Lipinski definition) is 2. The number of fused-ring (bicyclic) bond motifs is 1. The van der Waals surface area contributed by atoms with Crippen LogP contribution in [0.1, 0.15) is 11.1 Å². The first-order valence-corrected chi connectivity index (χ1v) is 11.0. The molecule has 1 aromatic carbocycles. The molecule has 0 amide bonds. The SMILES string of the molecule is Cc1ccccc1NC(=S)N1CCc2c(-c3cnc(N)nc3)nc(N3CCOCC3)nc21. The van der Waals surface area contributed by atoms with Gasteiger partial charge < -0.3 is 25.6 Å². The smallest absolute Gasteiger partial charge is 0.228 e. The Morgan fingerprint density at radius 1 is 1.09 bits per heavy atom. The standard InChI is InChI=1S/C22H24N8OS/c1-14-4-2-3-5-17(14)26-22(32)30-7-6-16-18(15-12-24-20(23)25-13-15)27-21(28-19(16)30)29-8-10-31-11-9-29/h2-5,12-13H,6-11H2,1H3,(H,26,32)(H2,23,24,25). The third-order valence-electron chi connectivity index (χ3n) is 5.69. The number of benzene rings is 1. The molecule has 10 heteroatoms. The van der Waals surface area contributed by atoms with Crippen molar-refractivity contribution in [3.63, 3.8) is 0 Å². The number of aryl methyl sites for hydroxylation is 1. The average Bonchev–Trinajstić information content (AvgIpc) is 3.25. The van der Waals surface area contributed by atoms with Crippen LogP contribution in [0.3, 0.4) is 0 Å². The fourth-order valence-electron chi connectivity index (χ4n) is 3.94. The number of thiocarbonyl (C=S) groups is 1. The number of nitrogens with zero attached hydrogens (tertiary/aromatic N) is 6. The summed E-state index contributed by atoms with van der Waals surface area (Å²) in [6.45, 7) is 5.55. The van der Waals surface area contributed by atoms with Crippen LogP contribution in [0.15, 0.2) is 36.7 Å². The van der Waals surface area contributed by atoms with E-state index in [4.69, 9.17) is 32.7 Å². The van der Waals surface area contributed by atoms with Gasteiger partial charge in [-0.2, -0.15) is 4.98 Å². The predicted molar refractivity (Wildman–Crippen MR) is 129 cm³/mol. The fraction of sp³-hybridized carbons (Fsp3) is 0.318. The number of ether oxygens (including phenoxy) is 1. The molecule has 0 saturated carbocycles. The average molecular weight is 449 g/mol. The van der Waals surface area contributed by atoms with Crippen molar-refractivity contribution in [2.45, 2.75) is 13.3 Å². The summed E-state index contributed by atoms with van der Waals surface area (Å²) >= 11 is 5.79. The molecule has 2 aromatic heterocycles. The molecular formula is C22H24N8OS. The molecule has 1 saturated heterocycles. The van der Waals surface area contributed by atoms with Gasteiger partial charge in [-0.3, -0.25) is 0 Å². The van der Waals surface area contributed by atoms with Crippen molar-refractivity contribution in [2.24, 2.45) is 0 Å². The van der Waals surface area contributed by atoms with Crippen LogP contribution in [-0.2, 0) is 11.2 Å². The molecule has 0 unspecified atom stereocenters. The van der Waals surface area contributed by atoms with E-state index in [1.807, 2.05) is 23.1 Å². The van der Waals surface area contributed by atoms with Gasteiger partial charge in [-0.25, -0.2) is 15.0 Å². The lowest BCUT2D eigenvalue weighted by molar-refractivity contribution is 0.122. The molecule has 32 heavy (non-hydrogen) atoms. The topological polar surface area (TPSA) is 105 Å². The molecule has 4 heterocycles. The zero-order valence-electron chi connectivity index (χ0n) is 17.8. The van der Waals surface area contributed by atoms with E-state index in [0.717, 1.165) is 59.9 Å². The first-order valence-electron chi connectivity index (χ1n) is 10.6. The Balaban J connectivity index is 1.54. The molecule has 2 aliphatic rings. The molecule has 2 aliphatic heterocycles. The number of nitrogens with two attached hydrogens (primary N) is 1. The van der Waals surface area contributed by atoms with Crippen LogP contribution in [0.2, 0.25) is 0 Å². The molecular weight excluding hydrogens is 424 g/mol. The van der Waals surface area contributed by atoms with Crippen molar-refractivity contribution >= 4 is 40.7 Å². The number of rotatable bonds is 3. The molecule has 5 rings (SSSR count). The van der Waals surface area contributed by atoms with Gasteiger partial charge in [-0.1, -0.05) is 18.2 Å². The highest BCUT2D eigenvalue weighted by molar-refractivity contribution is 7.80. The minimum absolute atomic E-state index is 0.234. The summed E-state index contributed by atoms with van der Waals surface area (Å²) in [4.78, 5) is 22.4. The van der Waals surface area contributed by atoms with Crippen LogP contribution >= 0.6 is 12.2 Å². The summed E-state index contributed by atoms with van der Waals surface area (Å²) in [5.41, 5.74) is 10.5. The number of morpholine rings is 1. The molecule has 0 aliphatic carbocycles. The normalized spacial score (nSPS) is 15.5. The summed E-state index contributed by atoms with van der Waals surface area (Å²) in [6.07, 6.45) is 4.19. The van der Waals surface area contributed by atoms with Gasteiger partial charge in [0.05, 0.1) is 18.9 Å². The molecule has 0 atom stereocenters. The maximum atomic E-state index is 5.79. The van der Waals surface area contributed by atoms with Gasteiger partial charge in [0.15, 0.2) is 5.11 Å². The van der Waals surface area contributed by atoms with Crippen molar-refractivity contribution in [3.05, 3.63) is 47.8 Å². The number of para-hydroxylation sites is 1. The first-order chi connectivity index (χ1) is 15.6. The molecule has 0 spiro atoms. The molecule has 3 aromatic rings. The minimum atomic E-state index is 0.234. The Hall–Kier alpha value is -3.37. The van der Waals surface area contributed by atoms with Crippen LogP contribution in [-0.4, -0.2) is 57.9 Å². The lowest BCUT2D eigenvalue weighted by Gasteiger charge is -2.28. The third-order valence-corrected chi connectivity index (χ3v) is 6.01. The number of nitrogen functional groups attached to an aromatic ring is 1. The third kappa shape index (κ3) is 3.94. The molecule has 9 nitrogen and oxygen atoms in total. The second-order valence-corrected chi connectivity index (χ2v) is 8.14. The van der Waals surface area contributed by atoms with E-state index in [9.17, 15) is 0 Å². The second-order valence-electron chi connectivity index (χ2n) is 7.75. The van der Waals surface area contributed by atoms with Crippen LogP contribution in [0.25, 0.3) is 11.3 Å². The maximum absolute atomic E-state index is 5.79.